The lowest BCUT2D eigenvalue weighted by molar-refractivity contribution is 0.411. The molecule has 1 aromatic carbocycles. The maximum atomic E-state index is 9.39. The van der Waals surface area contributed by atoms with Crippen molar-refractivity contribution in [2.45, 2.75) is 52.4 Å². The first kappa shape index (κ1) is 13.1. The van der Waals surface area contributed by atoms with Crippen molar-refractivity contribution in [3.05, 3.63) is 29.8 Å². The molecule has 1 nitrogen and oxygen atoms in total. The van der Waals surface area contributed by atoms with E-state index < -0.39 is 0 Å². The van der Waals surface area contributed by atoms with Gasteiger partial charge in [-0.3, -0.25) is 0 Å². The fourth-order valence-corrected chi connectivity index (χ4v) is 2.33. The summed E-state index contributed by atoms with van der Waals surface area (Å²) < 4.78 is 0. The van der Waals surface area contributed by atoms with Gasteiger partial charge in [0.2, 0.25) is 0 Å². The molecule has 1 heteroatoms. The molecule has 0 atom stereocenters. The SMILES string of the molecule is CCCC(CCC)CCc1cccc(O)c1. The van der Waals surface area contributed by atoms with Gasteiger partial charge < -0.3 is 5.11 Å². The summed E-state index contributed by atoms with van der Waals surface area (Å²) in [5.41, 5.74) is 1.26. The van der Waals surface area contributed by atoms with Crippen LogP contribution in [0.25, 0.3) is 0 Å². The maximum Gasteiger partial charge on any atom is 0.115 e. The zero-order chi connectivity index (χ0) is 11.8. The Hall–Kier alpha value is -0.980. The second kappa shape index (κ2) is 7.32. The molecule has 0 aliphatic heterocycles. The molecule has 0 aromatic heterocycles. The zero-order valence-corrected chi connectivity index (χ0v) is 10.6. The fourth-order valence-electron chi connectivity index (χ4n) is 2.33. The minimum absolute atomic E-state index is 0.389. The molecular formula is C15H24O. The Morgan fingerprint density at radius 2 is 1.75 bits per heavy atom. The van der Waals surface area contributed by atoms with Crippen LogP contribution in [0, 0.1) is 5.92 Å². The fraction of sp³-hybridized carbons (Fsp3) is 0.600. The van der Waals surface area contributed by atoms with E-state index in [2.05, 4.69) is 19.9 Å². The molecule has 0 heterocycles. The van der Waals surface area contributed by atoms with Crippen LogP contribution < -0.4 is 0 Å². The van der Waals surface area contributed by atoms with E-state index >= 15 is 0 Å². The van der Waals surface area contributed by atoms with Crippen molar-refractivity contribution >= 4 is 0 Å². The summed E-state index contributed by atoms with van der Waals surface area (Å²) in [5, 5.41) is 9.39. The molecule has 0 unspecified atom stereocenters. The number of rotatable bonds is 7. The monoisotopic (exact) mass is 220 g/mol. The van der Waals surface area contributed by atoms with Crippen LogP contribution >= 0.6 is 0 Å². The number of aromatic hydroxyl groups is 1. The molecular weight excluding hydrogens is 196 g/mol. The van der Waals surface area contributed by atoms with Crippen molar-refractivity contribution in [1.82, 2.24) is 0 Å². The molecule has 0 bridgehead atoms. The predicted octanol–water partition coefficient (Wildman–Crippen LogP) is 4.54. The van der Waals surface area contributed by atoms with Gasteiger partial charge in [-0.05, 0) is 36.5 Å². The minimum atomic E-state index is 0.389. The second-order valence-electron chi connectivity index (χ2n) is 4.65. The summed E-state index contributed by atoms with van der Waals surface area (Å²) in [4.78, 5) is 0. The maximum absolute atomic E-state index is 9.39. The Bertz CT molecular complexity index is 287. The molecule has 1 aromatic rings. The molecule has 0 aliphatic carbocycles. The van der Waals surface area contributed by atoms with Crippen LogP contribution in [-0.4, -0.2) is 5.11 Å². The Morgan fingerprint density at radius 3 is 2.31 bits per heavy atom. The van der Waals surface area contributed by atoms with Gasteiger partial charge in [-0.15, -0.1) is 0 Å². The first-order chi connectivity index (χ1) is 7.76. The smallest absolute Gasteiger partial charge is 0.115 e. The molecule has 0 fully saturated rings. The number of hydrogen-bond acceptors (Lipinski definition) is 1. The quantitative estimate of drug-likeness (QED) is 0.715. The third kappa shape index (κ3) is 4.69. The summed E-state index contributed by atoms with van der Waals surface area (Å²) in [7, 11) is 0. The minimum Gasteiger partial charge on any atom is -0.508 e. The predicted molar refractivity (Wildman–Crippen MR) is 69.7 cm³/mol. The van der Waals surface area contributed by atoms with Crippen molar-refractivity contribution in [2.75, 3.05) is 0 Å². The lowest BCUT2D eigenvalue weighted by Crippen LogP contribution is -2.01. The molecule has 1 rings (SSSR count). The topological polar surface area (TPSA) is 20.2 Å². The molecule has 1 N–H and O–H groups in total. The highest BCUT2D eigenvalue weighted by atomic mass is 16.3. The van der Waals surface area contributed by atoms with E-state index in [9.17, 15) is 5.11 Å². The molecule has 0 spiro atoms. The van der Waals surface area contributed by atoms with E-state index in [1.165, 1.54) is 37.7 Å². The van der Waals surface area contributed by atoms with Crippen LogP contribution in [0.2, 0.25) is 0 Å². The summed E-state index contributed by atoms with van der Waals surface area (Å²) in [6, 6.07) is 7.65. The number of phenolic OH excluding ortho intramolecular Hbond substituents is 1. The van der Waals surface area contributed by atoms with Crippen LogP contribution in [0.15, 0.2) is 24.3 Å². The Labute approximate surface area is 99.5 Å². The molecule has 90 valence electrons. The van der Waals surface area contributed by atoms with Crippen molar-refractivity contribution in [1.29, 1.82) is 0 Å². The van der Waals surface area contributed by atoms with Crippen LogP contribution in [0.3, 0.4) is 0 Å². The average Bonchev–Trinajstić information content (AvgIpc) is 2.27. The van der Waals surface area contributed by atoms with Crippen molar-refractivity contribution in [2.24, 2.45) is 5.92 Å². The average molecular weight is 220 g/mol. The third-order valence-electron chi connectivity index (χ3n) is 3.15. The van der Waals surface area contributed by atoms with Gasteiger partial charge in [-0.25, -0.2) is 0 Å². The van der Waals surface area contributed by atoms with E-state index in [0.29, 0.717) is 5.75 Å². The van der Waals surface area contributed by atoms with Crippen LogP contribution in [-0.2, 0) is 6.42 Å². The normalized spacial score (nSPS) is 10.9. The van der Waals surface area contributed by atoms with E-state index in [4.69, 9.17) is 0 Å². The van der Waals surface area contributed by atoms with Gasteiger partial charge in [0, 0.05) is 0 Å². The highest BCUT2D eigenvalue weighted by Crippen LogP contribution is 2.21. The van der Waals surface area contributed by atoms with Gasteiger partial charge in [0.25, 0.3) is 0 Å². The standard InChI is InChI=1S/C15H24O/c1-3-6-13(7-4-2)10-11-14-8-5-9-15(16)12-14/h5,8-9,12-13,16H,3-4,6-7,10-11H2,1-2H3. The summed E-state index contributed by atoms with van der Waals surface area (Å²) >= 11 is 0. The van der Waals surface area contributed by atoms with E-state index in [1.54, 1.807) is 6.07 Å². The highest BCUT2D eigenvalue weighted by molar-refractivity contribution is 5.27. The molecule has 0 saturated carbocycles. The van der Waals surface area contributed by atoms with Crippen LogP contribution in [0.5, 0.6) is 5.75 Å². The Morgan fingerprint density at radius 1 is 1.06 bits per heavy atom. The number of phenols is 1. The summed E-state index contributed by atoms with van der Waals surface area (Å²) in [6.45, 7) is 4.52. The van der Waals surface area contributed by atoms with Crippen LogP contribution in [0.4, 0.5) is 0 Å². The number of aryl methyl sites for hydroxylation is 1. The lowest BCUT2D eigenvalue weighted by Gasteiger charge is -2.14. The Balaban J connectivity index is 2.41. The van der Waals surface area contributed by atoms with Crippen molar-refractivity contribution in [3.63, 3.8) is 0 Å². The first-order valence-corrected chi connectivity index (χ1v) is 6.54. The second-order valence-corrected chi connectivity index (χ2v) is 4.65. The van der Waals surface area contributed by atoms with Gasteiger partial charge in [-0.2, -0.15) is 0 Å². The third-order valence-corrected chi connectivity index (χ3v) is 3.15. The molecule has 0 amide bonds. The molecule has 16 heavy (non-hydrogen) atoms. The molecule has 0 saturated heterocycles. The first-order valence-electron chi connectivity index (χ1n) is 6.54. The Kier molecular flexibility index (Phi) is 5.99. The summed E-state index contributed by atoms with van der Waals surface area (Å²) in [6.07, 6.45) is 7.60. The number of hydrogen-bond donors (Lipinski definition) is 1. The largest absolute Gasteiger partial charge is 0.508 e. The van der Waals surface area contributed by atoms with E-state index in [-0.39, 0.29) is 0 Å². The van der Waals surface area contributed by atoms with E-state index in [0.717, 1.165) is 12.3 Å². The summed E-state index contributed by atoms with van der Waals surface area (Å²) in [5.74, 6) is 1.25. The zero-order valence-electron chi connectivity index (χ0n) is 10.6. The van der Waals surface area contributed by atoms with Gasteiger partial charge in [0.05, 0.1) is 0 Å². The van der Waals surface area contributed by atoms with Crippen molar-refractivity contribution in [3.8, 4) is 5.75 Å². The van der Waals surface area contributed by atoms with Crippen LogP contribution in [0.1, 0.15) is 51.5 Å². The van der Waals surface area contributed by atoms with E-state index in [1.807, 2.05) is 12.1 Å². The lowest BCUT2D eigenvalue weighted by atomic mass is 9.91. The van der Waals surface area contributed by atoms with Crippen molar-refractivity contribution < 1.29 is 5.11 Å². The highest BCUT2D eigenvalue weighted by Gasteiger charge is 2.07. The molecule has 0 aliphatic rings. The van der Waals surface area contributed by atoms with Gasteiger partial charge in [-0.1, -0.05) is 51.7 Å². The number of benzene rings is 1. The molecule has 0 radical (unpaired) electrons. The van der Waals surface area contributed by atoms with Gasteiger partial charge in [0.15, 0.2) is 0 Å². The van der Waals surface area contributed by atoms with Gasteiger partial charge >= 0.3 is 0 Å². The van der Waals surface area contributed by atoms with Gasteiger partial charge in [0.1, 0.15) is 5.75 Å².